The number of carbonyl (C=O) groups is 1. The lowest BCUT2D eigenvalue weighted by Gasteiger charge is -2.24. The first-order valence-electron chi connectivity index (χ1n) is 7.80. The molecule has 0 spiro atoms. The lowest BCUT2D eigenvalue weighted by atomic mass is 10.1. The van der Waals surface area contributed by atoms with Gasteiger partial charge in [0, 0.05) is 37.5 Å². The Morgan fingerprint density at radius 1 is 1.25 bits per heavy atom. The maximum absolute atomic E-state index is 13.0. The number of methoxy groups -OCH3 is 1. The van der Waals surface area contributed by atoms with Gasteiger partial charge in [-0.15, -0.1) is 0 Å². The van der Waals surface area contributed by atoms with Gasteiger partial charge in [0.15, 0.2) is 5.76 Å². The number of amides is 1. The van der Waals surface area contributed by atoms with Crippen LogP contribution in [-0.2, 0) is 11.3 Å². The molecule has 2 aromatic heterocycles. The molecule has 0 aliphatic rings. The van der Waals surface area contributed by atoms with Crippen molar-refractivity contribution in [2.45, 2.75) is 19.6 Å². The molecule has 0 radical (unpaired) electrons. The summed E-state index contributed by atoms with van der Waals surface area (Å²) in [5, 5.41) is 0.910. The minimum absolute atomic E-state index is 0.0934. The zero-order valence-electron chi connectivity index (χ0n) is 14.0. The molecule has 1 atom stereocenters. The molecule has 0 aliphatic carbocycles. The fourth-order valence-corrected chi connectivity index (χ4v) is 2.76. The van der Waals surface area contributed by atoms with Crippen LogP contribution in [0.1, 0.15) is 34.6 Å². The summed E-state index contributed by atoms with van der Waals surface area (Å²) in [4.78, 5) is 18.7. The Kier molecular flexibility index (Phi) is 4.62. The van der Waals surface area contributed by atoms with Gasteiger partial charge in [0.1, 0.15) is 5.58 Å². The Morgan fingerprint density at radius 3 is 2.67 bits per heavy atom. The van der Waals surface area contributed by atoms with Gasteiger partial charge in [0.2, 0.25) is 0 Å². The first kappa shape index (κ1) is 16.2. The molecule has 5 heteroatoms. The molecule has 3 aromatic rings. The summed E-state index contributed by atoms with van der Waals surface area (Å²) in [6.45, 7) is 2.31. The Hall–Kier alpha value is -2.66. The highest BCUT2D eigenvalue weighted by atomic mass is 16.5. The van der Waals surface area contributed by atoms with E-state index in [-0.39, 0.29) is 11.9 Å². The van der Waals surface area contributed by atoms with E-state index in [9.17, 15) is 4.79 Å². The van der Waals surface area contributed by atoms with E-state index in [0.717, 1.165) is 16.5 Å². The SMILES string of the molecule is COCc1c(C(=O)N(C)[C@H](C)c2ccncc2)oc2ccccc12. The topological polar surface area (TPSA) is 55.6 Å². The van der Waals surface area contributed by atoms with Crippen LogP contribution < -0.4 is 0 Å². The molecular formula is C19H20N2O3. The van der Waals surface area contributed by atoms with Crippen LogP contribution in [0.5, 0.6) is 0 Å². The van der Waals surface area contributed by atoms with Crippen LogP contribution in [0.4, 0.5) is 0 Å². The predicted octanol–water partition coefficient (Wildman–Crippen LogP) is 3.81. The third-order valence-electron chi connectivity index (χ3n) is 4.27. The van der Waals surface area contributed by atoms with Crippen LogP contribution in [0.15, 0.2) is 53.2 Å². The summed E-state index contributed by atoms with van der Waals surface area (Å²) < 4.78 is 11.1. The van der Waals surface area contributed by atoms with E-state index in [2.05, 4.69) is 4.98 Å². The van der Waals surface area contributed by atoms with Gasteiger partial charge in [-0.3, -0.25) is 9.78 Å². The fourth-order valence-electron chi connectivity index (χ4n) is 2.76. The quantitative estimate of drug-likeness (QED) is 0.716. The molecule has 0 unspecified atom stereocenters. The molecule has 0 saturated heterocycles. The van der Waals surface area contributed by atoms with Gasteiger partial charge < -0.3 is 14.1 Å². The van der Waals surface area contributed by atoms with Crippen molar-refractivity contribution in [3.8, 4) is 0 Å². The number of para-hydroxylation sites is 1. The number of benzene rings is 1. The normalized spacial score (nSPS) is 12.3. The number of hydrogen-bond donors (Lipinski definition) is 0. The molecule has 24 heavy (non-hydrogen) atoms. The second-order valence-corrected chi connectivity index (χ2v) is 5.71. The molecule has 5 nitrogen and oxygen atoms in total. The number of pyridine rings is 1. The Morgan fingerprint density at radius 2 is 1.96 bits per heavy atom. The van der Waals surface area contributed by atoms with Gasteiger partial charge >= 0.3 is 0 Å². The Balaban J connectivity index is 1.97. The summed E-state index contributed by atoms with van der Waals surface area (Å²) >= 11 is 0. The predicted molar refractivity (Wildman–Crippen MR) is 91.7 cm³/mol. The average molecular weight is 324 g/mol. The van der Waals surface area contributed by atoms with Gasteiger partial charge in [-0.1, -0.05) is 18.2 Å². The molecule has 0 saturated carbocycles. The van der Waals surface area contributed by atoms with E-state index >= 15 is 0 Å². The minimum atomic E-state index is -0.164. The molecule has 0 fully saturated rings. The highest BCUT2D eigenvalue weighted by Gasteiger charge is 2.26. The number of nitrogens with zero attached hydrogens (tertiary/aromatic N) is 2. The standard InChI is InChI=1S/C19H20N2O3/c1-13(14-8-10-20-11-9-14)21(2)19(22)18-16(12-23-3)15-6-4-5-7-17(15)24-18/h4-11,13H,12H2,1-3H3/t13-/m1/s1. The van der Waals surface area contributed by atoms with Crippen molar-refractivity contribution in [3.05, 3.63) is 65.7 Å². The molecular weight excluding hydrogens is 304 g/mol. The number of rotatable bonds is 5. The first-order valence-corrected chi connectivity index (χ1v) is 7.80. The number of ether oxygens (including phenoxy) is 1. The van der Waals surface area contributed by atoms with E-state index in [1.54, 1.807) is 31.5 Å². The fraction of sp³-hybridized carbons (Fsp3) is 0.263. The Labute approximate surface area is 140 Å². The highest BCUT2D eigenvalue weighted by Crippen LogP contribution is 2.29. The number of carbonyl (C=O) groups excluding carboxylic acids is 1. The van der Waals surface area contributed by atoms with Gasteiger partial charge in [-0.2, -0.15) is 0 Å². The molecule has 124 valence electrons. The average Bonchev–Trinajstić information content (AvgIpc) is 2.99. The number of furan rings is 1. The van der Waals surface area contributed by atoms with Crippen LogP contribution in [-0.4, -0.2) is 29.9 Å². The van der Waals surface area contributed by atoms with E-state index < -0.39 is 0 Å². The second-order valence-electron chi connectivity index (χ2n) is 5.71. The number of aromatic nitrogens is 1. The van der Waals surface area contributed by atoms with Gasteiger partial charge in [-0.05, 0) is 30.7 Å². The third kappa shape index (κ3) is 2.90. The first-order chi connectivity index (χ1) is 11.6. The smallest absolute Gasteiger partial charge is 0.290 e. The third-order valence-corrected chi connectivity index (χ3v) is 4.27. The lowest BCUT2D eigenvalue weighted by Crippen LogP contribution is -2.30. The number of fused-ring (bicyclic) bond motifs is 1. The van der Waals surface area contributed by atoms with Crippen LogP contribution in [0.2, 0.25) is 0 Å². The molecule has 0 N–H and O–H groups in total. The van der Waals surface area contributed by atoms with Gasteiger partial charge in [0.25, 0.3) is 5.91 Å². The number of hydrogen-bond acceptors (Lipinski definition) is 4. The molecule has 0 bridgehead atoms. The molecule has 1 amide bonds. The zero-order chi connectivity index (χ0) is 17.1. The largest absolute Gasteiger partial charge is 0.451 e. The minimum Gasteiger partial charge on any atom is -0.451 e. The van der Waals surface area contributed by atoms with Crippen LogP contribution >= 0.6 is 0 Å². The van der Waals surface area contributed by atoms with Gasteiger partial charge in [-0.25, -0.2) is 0 Å². The van der Waals surface area contributed by atoms with Crippen molar-refractivity contribution in [3.63, 3.8) is 0 Å². The molecule has 1 aromatic carbocycles. The van der Waals surface area contributed by atoms with Crippen LogP contribution in [0.25, 0.3) is 11.0 Å². The summed E-state index contributed by atoms with van der Waals surface area (Å²) in [5.74, 6) is 0.170. The summed E-state index contributed by atoms with van der Waals surface area (Å²) in [7, 11) is 3.39. The molecule has 2 heterocycles. The van der Waals surface area contributed by atoms with Crippen molar-refractivity contribution < 1.29 is 13.9 Å². The Bertz CT molecular complexity index is 842. The van der Waals surface area contributed by atoms with Crippen molar-refractivity contribution in [2.24, 2.45) is 0 Å². The van der Waals surface area contributed by atoms with Crippen LogP contribution in [0, 0.1) is 0 Å². The summed E-state index contributed by atoms with van der Waals surface area (Å²) in [6.07, 6.45) is 3.45. The van der Waals surface area contributed by atoms with Crippen molar-refractivity contribution in [1.29, 1.82) is 0 Å². The van der Waals surface area contributed by atoms with E-state index in [0.29, 0.717) is 18.0 Å². The van der Waals surface area contributed by atoms with Crippen molar-refractivity contribution >= 4 is 16.9 Å². The van der Waals surface area contributed by atoms with Crippen molar-refractivity contribution in [1.82, 2.24) is 9.88 Å². The lowest BCUT2D eigenvalue weighted by molar-refractivity contribution is 0.0706. The maximum Gasteiger partial charge on any atom is 0.290 e. The zero-order valence-corrected chi connectivity index (χ0v) is 14.0. The summed E-state index contributed by atoms with van der Waals surface area (Å²) in [5.41, 5.74) is 2.50. The highest BCUT2D eigenvalue weighted by molar-refractivity contribution is 5.99. The van der Waals surface area contributed by atoms with Gasteiger partial charge in [0.05, 0.1) is 12.6 Å². The maximum atomic E-state index is 13.0. The van der Waals surface area contributed by atoms with Crippen LogP contribution in [0.3, 0.4) is 0 Å². The summed E-state index contributed by atoms with van der Waals surface area (Å²) in [6, 6.07) is 11.3. The van der Waals surface area contributed by atoms with E-state index in [1.807, 2.05) is 43.3 Å². The van der Waals surface area contributed by atoms with Crippen molar-refractivity contribution in [2.75, 3.05) is 14.2 Å². The second kappa shape index (κ2) is 6.84. The van der Waals surface area contributed by atoms with E-state index in [1.165, 1.54) is 0 Å². The molecule has 3 rings (SSSR count). The van der Waals surface area contributed by atoms with E-state index in [4.69, 9.17) is 9.15 Å². The monoisotopic (exact) mass is 324 g/mol. The molecule has 0 aliphatic heterocycles.